The third kappa shape index (κ3) is 3.63. The number of benzene rings is 1. The molecule has 0 bridgehead atoms. The minimum Gasteiger partial charge on any atom is -0.490 e. The summed E-state index contributed by atoms with van der Waals surface area (Å²) in [5, 5.41) is 12.3. The van der Waals surface area contributed by atoms with Crippen LogP contribution < -0.4 is 14.8 Å². The molecule has 5 heteroatoms. The second kappa shape index (κ2) is 7.15. The van der Waals surface area contributed by atoms with Gasteiger partial charge in [-0.05, 0) is 32.0 Å². The first-order valence-corrected chi connectivity index (χ1v) is 6.79. The van der Waals surface area contributed by atoms with Crippen molar-refractivity contribution in [2.45, 2.75) is 13.8 Å². The second-order valence-corrected chi connectivity index (χ2v) is 4.19. The van der Waals surface area contributed by atoms with E-state index in [1.54, 1.807) is 18.5 Å². The average molecular weight is 283 g/mol. The molecule has 0 atom stereocenters. The molecule has 0 spiro atoms. The molecule has 0 amide bonds. The van der Waals surface area contributed by atoms with E-state index in [1.165, 1.54) is 0 Å². The third-order valence-corrected chi connectivity index (χ3v) is 2.76. The van der Waals surface area contributed by atoms with E-state index in [4.69, 9.17) is 14.7 Å². The Balaban J connectivity index is 2.28. The Morgan fingerprint density at radius 2 is 1.90 bits per heavy atom. The highest BCUT2D eigenvalue weighted by atomic mass is 16.5. The van der Waals surface area contributed by atoms with E-state index in [1.807, 2.05) is 32.0 Å². The molecule has 1 aromatic heterocycles. The van der Waals surface area contributed by atoms with Crippen LogP contribution in [-0.4, -0.2) is 18.2 Å². The molecule has 0 aliphatic heterocycles. The molecule has 0 aliphatic carbocycles. The summed E-state index contributed by atoms with van der Waals surface area (Å²) in [6.45, 7) is 4.98. The Morgan fingerprint density at radius 1 is 1.14 bits per heavy atom. The van der Waals surface area contributed by atoms with Gasteiger partial charge in [-0.15, -0.1) is 0 Å². The van der Waals surface area contributed by atoms with E-state index < -0.39 is 0 Å². The quantitative estimate of drug-likeness (QED) is 0.879. The predicted molar refractivity (Wildman–Crippen MR) is 81.0 cm³/mol. The van der Waals surface area contributed by atoms with Gasteiger partial charge in [0.15, 0.2) is 11.5 Å². The molecule has 2 aromatic rings. The first-order chi connectivity index (χ1) is 10.3. The molecular formula is C16H17N3O2. The lowest BCUT2D eigenvalue weighted by Crippen LogP contribution is -2.00. The maximum absolute atomic E-state index is 9.09. The van der Waals surface area contributed by atoms with Gasteiger partial charge in [-0.3, -0.25) is 4.98 Å². The van der Waals surface area contributed by atoms with Crippen LogP contribution in [0.1, 0.15) is 19.4 Å². The van der Waals surface area contributed by atoms with Crippen molar-refractivity contribution < 1.29 is 9.47 Å². The Kier molecular flexibility index (Phi) is 4.99. The topological polar surface area (TPSA) is 67.2 Å². The summed E-state index contributed by atoms with van der Waals surface area (Å²) in [7, 11) is 0. The van der Waals surface area contributed by atoms with E-state index in [2.05, 4.69) is 16.4 Å². The van der Waals surface area contributed by atoms with Gasteiger partial charge in [-0.25, -0.2) is 0 Å². The zero-order valence-electron chi connectivity index (χ0n) is 12.1. The smallest absolute Gasteiger partial charge is 0.163 e. The summed E-state index contributed by atoms with van der Waals surface area (Å²) in [6, 6.07) is 9.37. The molecule has 0 radical (unpaired) electrons. The molecule has 2 rings (SSSR count). The minimum atomic E-state index is 0.539. The SMILES string of the molecule is CCOc1ccc(Nc2cnccc2C#N)cc1OCC. The summed E-state index contributed by atoms with van der Waals surface area (Å²) < 4.78 is 11.1. The number of hydrogen-bond donors (Lipinski definition) is 1. The fraction of sp³-hybridized carbons (Fsp3) is 0.250. The van der Waals surface area contributed by atoms with Crippen LogP contribution >= 0.6 is 0 Å². The molecule has 0 fully saturated rings. The Labute approximate surface area is 124 Å². The van der Waals surface area contributed by atoms with Gasteiger partial charge in [0.2, 0.25) is 0 Å². The molecule has 1 aromatic carbocycles. The second-order valence-electron chi connectivity index (χ2n) is 4.19. The zero-order valence-corrected chi connectivity index (χ0v) is 12.1. The first kappa shape index (κ1) is 14.7. The van der Waals surface area contributed by atoms with Crippen molar-refractivity contribution in [2.24, 2.45) is 0 Å². The van der Waals surface area contributed by atoms with E-state index >= 15 is 0 Å². The van der Waals surface area contributed by atoms with E-state index in [0.717, 1.165) is 5.69 Å². The highest BCUT2D eigenvalue weighted by Crippen LogP contribution is 2.32. The Morgan fingerprint density at radius 3 is 2.62 bits per heavy atom. The van der Waals surface area contributed by atoms with Crippen molar-refractivity contribution in [2.75, 3.05) is 18.5 Å². The van der Waals surface area contributed by atoms with Crippen LogP contribution in [0.25, 0.3) is 0 Å². The number of anilines is 2. The molecule has 108 valence electrons. The molecule has 0 saturated heterocycles. The highest BCUT2D eigenvalue weighted by Gasteiger charge is 2.08. The average Bonchev–Trinajstić information content (AvgIpc) is 2.51. The maximum Gasteiger partial charge on any atom is 0.163 e. The van der Waals surface area contributed by atoms with Crippen LogP contribution in [0.2, 0.25) is 0 Å². The largest absolute Gasteiger partial charge is 0.490 e. The van der Waals surface area contributed by atoms with Crippen LogP contribution in [0.5, 0.6) is 11.5 Å². The first-order valence-electron chi connectivity index (χ1n) is 6.79. The number of hydrogen-bond acceptors (Lipinski definition) is 5. The highest BCUT2D eigenvalue weighted by molar-refractivity contribution is 5.67. The molecule has 0 aliphatic rings. The van der Waals surface area contributed by atoms with E-state index in [-0.39, 0.29) is 0 Å². The van der Waals surface area contributed by atoms with Gasteiger partial charge >= 0.3 is 0 Å². The molecule has 0 saturated carbocycles. The predicted octanol–water partition coefficient (Wildman–Crippen LogP) is 3.49. The number of nitrogens with one attached hydrogen (secondary N) is 1. The van der Waals surface area contributed by atoms with Gasteiger partial charge < -0.3 is 14.8 Å². The van der Waals surface area contributed by atoms with Gasteiger partial charge in [0.05, 0.1) is 30.7 Å². The molecule has 1 N–H and O–H groups in total. The van der Waals surface area contributed by atoms with Crippen LogP contribution in [0.15, 0.2) is 36.7 Å². The Hall–Kier alpha value is -2.74. The number of ether oxygens (including phenoxy) is 2. The van der Waals surface area contributed by atoms with E-state index in [9.17, 15) is 0 Å². The zero-order chi connectivity index (χ0) is 15.1. The normalized spacial score (nSPS) is 9.76. The molecule has 5 nitrogen and oxygen atoms in total. The summed E-state index contributed by atoms with van der Waals surface area (Å²) in [6.07, 6.45) is 3.21. The van der Waals surface area contributed by atoms with Crippen molar-refractivity contribution in [3.63, 3.8) is 0 Å². The van der Waals surface area contributed by atoms with Crippen molar-refractivity contribution in [3.05, 3.63) is 42.2 Å². The third-order valence-electron chi connectivity index (χ3n) is 2.76. The Bertz CT molecular complexity index is 650. The standard InChI is InChI=1S/C16H17N3O2/c1-3-20-15-6-5-13(9-16(15)21-4-2)19-14-11-18-8-7-12(14)10-17/h5-9,11,19H,3-4H2,1-2H3. The lowest BCUT2D eigenvalue weighted by molar-refractivity contribution is 0.288. The van der Waals surface area contributed by atoms with Gasteiger partial charge in [-0.1, -0.05) is 0 Å². The fourth-order valence-electron chi connectivity index (χ4n) is 1.88. The number of rotatable bonds is 6. The number of nitriles is 1. The van der Waals surface area contributed by atoms with E-state index in [0.29, 0.717) is 36.0 Å². The number of nitrogens with zero attached hydrogens (tertiary/aromatic N) is 2. The fourth-order valence-corrected chi connectivity index (χ4v) is 1.88. The molecular weight excluding hydrogens is 266 g/mol. The number of pyridine rings is 1. The van der Waals surface area contributed by atoms with Crippen molar-refractivity contribution in [1.29, 1.82) is 5.26 Å². The van der Waals surface area contributed by atoms with Gasteiger partial charge in [-0.2, -0.15) is 5.26 Å². The van der Waals surface area contributed by atoms with Gasteiger partial charge in [0.25, 0.3) is 0 Å². The van der Waals surface area contributed by atoms with Crippen LogP contribution in [-0.2, 0) is 0 Å². The van der Waals surface area contributed by atoms with Crippen LogP contribution in [0, 0.1) is 11.3 Å². The monoisotopic (exact) mass is 283 g/mol. The van der Waals surface area contributed by atoms with Crippen LogP contribution in [0.4, 0.5) is 11.4 Å². The lowest BCUT2D eigenvalue weighted by atomic mass is 10.2. The van der Waals surface area contributed by atoms with Gasteiger partial charge in [0, 0.05) is 18.0 Å². The molecule has 21 heavy (non-hydrogen) atoms. The maximum atomic E-state index is 9.09. The van der Waals surface area contributed by atoms with Crippen molar-refractivity contribution in [1.82, 2.24) is 4.98 Å². The summed E-state index contributed by atoms with van der Waals surface area (Å²) in [4.78, 5) is 4.03. The molecule has 0 unspecified atom stereocenters. The summed E-state index contributed by atoms with van der Waals surface area (Å²) >= 11 is 0. The van der Waals surface area contributed by atoms with Crippen LogP contribution in [0.3, 0.4) is 0 Å². The lowest BCUT2D eigenvalue weighted by Gasteiger charge is -2.13. The molecule has 1 heterocycles. The van der Waals surface area contributed by atoms with Gasteiger partial charge in [0.1, 0.15) is 6.07 Å². The minimum absolute atomic E-state index is 0.539. The van der Waals surface area contributed by atoms with Crippen molar-refractivity contribution in [3.8, 4) is 17.6 Å². The summed E-state index contributed by atoms with van der Waals surface area (Å²) in [5.74, 6) is 1.38. The van der Waals surface area contributed by atoms with Crippen molar-refractivity contribution >= 4 is 11.4 Å². The summed E-state index contributed by atoms with van der Waals surface area (Å²) in [5.41, 5.74) is 2.01. The number of aromatic nitrogens is 1.